The van der Waals surface area contributed by atoms with Gasteiger partial charge in [0.05, 0.1) is 32.5 Å². The summed E-state index contributed by atoms with van der Waals surface area (Å²) in [6.45, 7) is 6.89. The number of benzene rings is 2. The summed E-state index contributed by atoms with van der Waals surface area (Å²) in [5.74, 6) is 2.49. The van der Waals surface area contributed by atoms with Gasteiger partial charge in [0.1, 0.15) is 11.5 Å². The van der Waals surface area contributed by atoms with Gasteiger partial charge in [0.15, 0.2) is 0 Å². The number of hydrogen-bond acceptors (Lipinski definition) is 6. The maximum atomic E-state index is 5.71. The molecule has 0 spiro atoms. The third-order valence-corrected chi connectivity index (χ3v) is 5.99. The SMILES string of the molecule is CCc1cc2c(OC)cc(CN3CCN(c4ccccc4OC)CC3)cc2nc1OC. The van der Waals surface area contributed by atoms with Gasteiger partial charge in [0, 0.05) is 43.7 Å². The zero-order valence-electron chi connectivity index (χ0n) is 18.9. The molecule has 3 aromatic rings. The van der Waals surface area contributed by atoms with E-state index in [1.165, 1.54) is 11.3 Å². The molecular weight excluding hydrogens is 390 g/mol. The molecule has 1 saturated heterocycles. The van der Waals surface area contributed by atoms with Crippen molar-refractivity contribution < 1.29 is 14.2 Å². The number of nitrogens with zero attached hydrogens (tertiary/aromatic N) is 3. The normalized spacial score (nSPS) is 14.6. The molecule has 1 aromatic heterocycles. The molecule has 2 aromatic carbocycles. The van der Waals surface area contributed by atoms with E-state index >= 15 is 0 Å². The lowest BCUT2D eigenvalue weighted by Gasteiger charge is -2.36. The van der Waals surface area contributed by atoms with Gasteiger partial charge in [0.25, 0.3) is 0 Å². The van der Waals surface area contributed by atoms with Crippen molar-refractivity contribution in [1.29, 1.82) is 0 Å². The molecule has 0 aliphatic carbocycles. The van der Waals surface area contributed by atoms with Crippen LogP contribution in [0.2, 0.25) is 0 Å². The van der Waals surface area contributed by atoms with E-state index in [1.54, 1.807) is 21.3 Å². The van der Waals surface area contributed by atoms with Crippen LogP contribution in [0.25, 0.3) is 10.9 Å². The quantitative estimate of drug-likeness (QED) is 0.571. The topological polar surface area (TPSA) is 47.1 Å². The van der Waals surface area contributed by atoms with Crippen molar-refractivity contribution in [2.45, 2.75) is 19.9 Å². The van der Waals surface area contributed by atoms with Gasteiger partial charge in [-0.25, -0.2) is 4.98 Å². The Morgan fingerprint density at radius 1 is 0.871 bits per heavy atom. The first-order chi connectivity index (χ1) is 15.2. The van der Waals surface area contributed by atoms with Crippen molar-refractivity contribution in [1.82, 2.24) is 9.88 Å². The van der Waals surface area contributed by atoms with Gasteiger partial charge < -0.3 is 19.1 Å². The van der Waals surface area contributed by atoms with Gasteiger partial charge >= 0.3 is 0 Å². The number of rotatable bonds is 7. The Morgan fingerprint density at radius 2 is 1.61 bits per heavy atom. The van der Waals surface area contributed by atoms with Crippen LogP contribution in [0.15, 0.2) is 42.5 Å². The molecule has 0 radical (unpaired) electrons. The summed E-state index contributed by atoms with van der Waals surface area (Å²) in [6, 6.07) is 14.7. The van der Waals surface area contributed by atoms with E-state index in [2.05, 4.69) is 47.1 Å². The molecule has 1 aliphatic rings. The van der Waals surface area contributed by atoms with E-state index in [9.17, 15) is 0 Å². The minimum atomic E-state index is 0.694. The van der Waals surface area contributed by atoms with Crippen LogP contribution in [0, 0.1) is 0 Å². The number of aryl methyl sites for hydroxylation is 1. The molecule has 1 fully saturated rings. The van der Waals surface area contributed by atoms with Gasteiger partial charge in [-0.3, -0.25) is 4.90 Å². The fraction of sp³-hybridized carbons (Fsp3) is 0.400. The minimum Gasteiger partial charge on any atom is -0.496 e. The van der Waals surface area contributed by atoms with Crippen LogP contribution in [-0.2, 0) is 13.0 Å². The molecule has 0 amide bonds. The molecule has 0 saturated carbocycles. The summed E-state index contributed by atoms with van der Waals surface area (Å²) in [5.41, 5.74) is 4.37. The number of anilines is 1. The maximum Gasteiger partial charge on any atom is 0.216 e. The Labute approximate surface area is 184 Å². The fourth-order valence-corrected chi connectivity index (χ4v) is 4.31. The van der Waals surface area contributed by atoms with Crippen molar-refractivity contribution in [2.75, 3.05) is 52.4 Å². The molecule has 1 aliphatic heterocycles. The van der Waals surface area contributed by atoms with Crippen LogP contribution in [-0.4, -0.2) is 57.4 Å². The van der Waals surface area contributed by atoms with E-state index in [0.717, 1.165) is 67.1 Å². The molecule has 31 heavy (non-hydrogen) atoms. The van der Waals surface area contributed by atoms with Crippen molar-refractivity contribution in [2.24, 2.45) is 0 Å². The van der Waals surface area contributed by atoms with Crippen LogP contribution in [0.3, 0.4) is 0 Å². The summed E-state index contributed by atoms with van der Waals surface area (Å²) in [7, 11) is 5.13. The summed E-state index contributed by atoms with van der Waals surface area (Å²) < 4.78 is 16.7. The highest BCUT2D eigenvalue weighted by molar-refractivity contribution is 5.87. The third-order valence-electron chi connectivity index (χ3n) is 5.99. The standard InChI is InChI=1S/C25H31N3O3/c1-5-19-16-20-21(26-25(19)31-4)14-18(15-24(20)30-3)17-27-10-12-28(13-11-27)22-8-6-7-9-23(22)29-2/h6-9,14-16H,5,10-13,17H2,1-4H3. The predicted octanol–water partition coefficient (Wildman–Crippen LogP) is 4.15. The number of hydrogen-bond donors (Lipinski definition) is 0. The first-order valence-electron chi connectivity index (χ1n) is 10.8. The van der Waals surface area contributed by atoms with Crippen LogP contribution in [0.5, 0.6) is 17.4 Å². The van der Waals surface area contributed by atoms with Gasteiger partial charge in [-0.05, 0) is 42.3 Å². The lowest BCUT2D eigenvalue weighted by Crippen LogP contribution is -2.46. The van der Waals surface area contributed by atoms with Crippen molar-refractivity contribution in [3.05, 3.63) is 53.6 Å². The minimum absolute atomic E-state index is 0.694. The predicted molar refractivity (Wildman–Crippen MR) is 125 cm³/mol. The molecule has 4 rings (SSSR count). The molecule has 2 heterocycles. The first-order valence-corrected chi connectivity index (χ1v) is 10.8. The van der Waals surface area contributed by atoms with Crippen LogP contribution in [0.4, 0.5) is 5.69 Å². The lowest BCUT2D eigenvalue weighted by atomic mass is 10.1. The molecule has 6 heteroatoms. The van der Waals surface area contributed by atoms with Crippen LogP contribution in [0.1, 0.15) is 18.1 Å². The first kappa shape index (κ1) is 21.2. The van der Waals surface area contributed by atoms with Gasteiger partial charge in [0.2, 0.25) is 5.88 Å². The van der Waals surface area contributed by atoms with E-state index in [0.29, 0.717) is 5.88 Å². The third kappa shape index (κ3) is 4.39. The van der Waals surface area contributed by atoms with E-state index in [1.807, 2.05) is 12.1 Å². The Morgan fingerprint density at radius 3 is 2.29 bits per heavy atom. The summed E-state index contributed by atoms with van der Waals surface area (Å²) in [4.78, 5) is 9.63. The summed E-state index contributed by atoms with van der Waals surface area (Å²) in [6.07, 6.45) is 0.869. The van der Waals surface area contributed by atoms with Crippen LogP contribution < -0.4 is 19.1 Å². The molecule has 164 valence electrons. The van der Waals surface area contributed by atoms with Gasteiger partial charge in [-0.2, -0.15) is 0 Å². The van der Waals surface area contributed by atoms with Crippen molar-refractivity contribution in [3.63, 3.8) is 0 Å². The lowest BCUT2D eigenvalue weighted by molar-refractivity contribution is 0.249. The largest absolute Gasteiger partial charge is 0.496 e. The summed E-state index contributed by atoms with van der Waals surface area (Å²) in [5, 5.41) is 1.03. The van der Waals surface area contributed by atoms with E-state index in [-0.39, 0.29) is 0 Å². The maximum absolute atomic E-state index is 5.71. The number of para-hydroxylation sites is 2. The Bertz CT molecular complexity index is 1050. The molecule has 0 bridgehead atoms. The summed E-state index contributed by atoms with van der Waals surface area (Å²) >= 11 is 0. The highest BCUT2D eigenvalue weighted by atomic mass is 16.5. The second-order valence-corrected chi connectivity index (χ2v) is 7.81. The second-order valence-electron chi connectivity index (χ2n) is 7.81. The highest BCUT2D eigenvalue weighted by Gasteiger charge is 2.20. The molecule has 0 unspecified atom stereocenters. The highest BCUT2D eigenvalue weighted by Crippen LogP contribution is 2.32. The molecule has 0 N–H and O–H groups in total. The van der Waals surface area contributed by atoms with Gasteiger partial charge in [-0.15, -0.1) is 0 Å². The van der Waals surface area contributed by atoms with Gasteiger partial charge in [-0.1, -0.05) is 19.1 Å². The molecule has 0 atom stereocenters. The number of aromatic nitrogens is 1. The van der Waals surface area contributed by atoms with E-state index < -0.39 is 0 Å². The number of pyridine rings is 1. The monoisotopic (exact) mass is 421 g/mol. The average molecular weight is 422 g/mol. The zero-order valence-corrected chi connectivity index (χ0v) is 18.9. The van der Waals surface area contributed by atoms with Crippen LogP contribution >= 0.6 is 0 Å². The second kappa shape index (κ2) is 9.43. The Balaban J connectivity index is 1.51. The number of ether oxygens (including phenoxy) is 3. The molecule has 6 nitrogen and oxygen atoms in total. The number of fused-ring (bicyclic) bond motifs is 1. The van der Waals surface area contributed by atoms with Crippen molar-refractivity contribution >= 4 is 16.6 Å². The Kier molecular flexibility index (Phi) is 6.47. The zero-order chi connectivity index (χ0) is 21.8. The Hall–Kier alpha value is -2.99. The average Bonchev–Trinajstić information content (AvgIpc) is 2.83. The number of piperazine rings is 1. The van der Waals surface area contributed by atoms with Crippen molar-refractivity contribution in [3.8, 4) is 17.4 Å². The van der Waals surface area contributed by atoms with E-state index in [4.69, 9.17) is 19.2 Å². The smallest absolute Gasteiger partial charge is 0.216 e. The molecular formula is C25H31N3O3. The fourth-order valence-electron chi connectivity index (χ4n) is 4.31. The number of methoxy groups -OCH3 is 3.